The highest BCUT2D eigenvalue weighted by atomic mass is 14.9. The number of hydrogen-bond acceptors (Lipinski definition) is 1. The second-order valence-electron chi connectivity index (χ2n) is 9.96. The molecule has 0 amide bonds. The van der Waals surface area contributed by atoms with Crippen molar-refractivity contribution >= 4 is 12.1 Å². The number of allylic oxidation sites excluding steroid dienone is 2. The minimum atomic E-state index is 0.749. The zero-order valence-corrected chi connectivity index (χ0v) is 21.9. The van der Waals surface area contributed by atoms with Crippen molar-refractivity contribution in [2.24, 2.45) is 27.7 Å². The second kappa shape index (κ2) is 15.8. The van der Waals surface area contributed by atoms with Crippen molar-refractivity contribution in [3.8, 4) is 0 Å². The molecule has 1 unspecified atom stereocenters. The van der Waals surface area contributed by atoms with E-state index in [1.54, 1.807) is 6.20 Å². The predicted octanol–water partition coefficient (Wildman–Crippen LogP) is 9.35. The second-order valence-corrected chi connectivity index (χ2v) is 9.96. The maximum Gasteiger partial charge on any atom is 0.158 e. The molecule has 1 atom stereocenters. The Hall–Kier alpha value is -1.96. The van der Waals surface area contributed by atoms with Gasteiger partial charge in [-0.15, -0.1) is 0 Å². The fraction of sp³-hybridized carbons (Fsp3) is 0.613. The van der Waals surface area contributed by atoms with Crippen LogP contribution in [0.15, 0.2) is 58.7 Å². The van der Waals surface area contributed by atoms with E-state index in [4.69, 9.17) is 0 Å². The van der Waals surface area contributed by atoms with E-state index in [0.717, 1.165) is 54.8 Å². The molecule has 1 aromatic carbocycles. The standard InChI is InChI=1S/C31H48N2/c1-6-11-26-15-20-29(21-16-26)28(8-3)19-14-25(5)13-10-24-33-31(32-9-4)30-22-17-27(12-7-2)18-23-30/h9,14,17-18,22-24,26,28-29H,4,6-8,10-13,15-16,19-21H2,1-3,5H3/b25-14+,32-31?,33-24?. The van der Waals surface area contributed by atoms with E-state index in [2.05, 4.69) is 74.6 Å². The highest BCUT2D eigenvalue weighted by Gasteiger charge is 2.25. The average Bonchev–Trinajstić information content (AvgIpc) is 2.83. The predicted molar refractivity (Wildman–Crippen MR) is 147 cm³/mol. The van der Waals surface area contributed by atoms with Crippen molar-refractivity contribution < 1.29 is 0 Å². The summed E-state index contributed by atoms with van der Waals surface area (Å²) in [6, 6.07) is 8.60. The quantitative estimate of drug-likeness (QED) is 0.163. The van der Waals surface area contributed by atoms with Gasteiger partial charge in [0.05, 0.1) is 0 Å². The van der Waals surface area contributed by atoms with Crippen LogP contribution in [0.4, 0.5) is 0 Å². The Morgan fingerprint density at radius 1 is 1.06 bits per heavy atom. The summed E-state index contributed by atoms with van der Waals surface area (Å²) in [4.78, 5) is 9.06. The van der Waals surface area contributed by atoms with Gasteiger partial charge in [0.1, 0.15) is 0 Å². The summed E-state index contributed by atoms with van der Waals surface area (Å²) in [5.74, 6) is 3.55. The van der Waals surface area contributed by atoms with E-state index in [1.165, 1.54) is 62.5 Å². The van der Waals surface area contributed by atoms with Crippen molar-refractivity contribution in [3.05, 3.63) is 59.8 Å². The van der Waals surface area contributed by atoms with Gasteiger partial charge in [-0.3, -0.25) is 0 Å². The SMILES string of the molecule is C=CN=C(N=CCC/C(C)=C/CC(CC)C1CCC(CCC)CC1)c1ccc(CCC)cc1. The Morgan fingerprint density at radius 2 is 1.79 bits per heavy atom. The van der Waals surface area contributed by atoms with Crippen LogP contribution in [0.25, 0.3) is 0 Å². The van der Waals surface area contributed by atoms with Crippen LogP contribution in [-0.4, -0.2) is 12.1 Å². The molecule has 0 N–H and O–H groups in total. The van der Waals surface area contributed by atoms with Crippen molar-refractivity contribution in [1.82, 2.24) is 0 Å². The summed E-state index contributed by atoms with van der Waals surface area (Å²) in [6.45, 7) is 13.0. The first-order valence-electron chi connectivity index (χ1n) is 13.6. The smallest absolute Gasteiger partial charge is 0.158 e. The Bertz CT molecular complexity index is 761. The van der Waals surface area contributed by atoms with Crippen molar-refractivity contribution in [2.75, 3.05) is 0 Å². The molecular formula is C31H48N2. The highest BCUT2D eigenvalue weighted by Crippen LogP contribution is 2.38. The van der Waals surface area contributed by atoms with E-state index >= 15 is 0 Å². The van der Waals surface area contributed by atoms with E-state index < -0.39 is 0 Å². The number of amidine groups is 1. The van der Waals surface area contributed by atoms with Crippen LogP contribution in [0.3, 0.4) is 0 Å². The van der Waals surface area contributed by atoms with Gasteiger partial charge in [0.25, 0.3) is 0 Å². The molecule has 1 saturated carbocycles. The Kier molecular flexibility index (Phi) is 13.1. The fourth-order valence-electron chi connectivity index (χ4n) is 5.32. The molecule has 0 heterocycles. The van der Waals surface area contributed by atoms with Gasteiger partial charge in [0.2, 0.25) is 0 Å². The lowest BCUT2D eigenvalue weighted by atomic mass is 9.73. The maximum atomic E-state index is 4.66. The third-order valence-electron chi connectivity index (χ3n) is 7.39. The number of hydrogen-bond donors (Lipinski definition) is 0. The molecule has 1 fully saturated rings. The largest absolute Gasteiger partial charge is 0.241 e. The van der Waals surface area contributed by atoms with Crippen LogP contribution in [0.1, 0.15) is 109 Å². The Morgan fingerprint density at radius 3 is 2.39 bits per heavy atom. The monoisotopic (exact) mass is 448 g/mol. The van der Waals surface area contributed by atoms with Crippen molar-refractivity contribution in [1.29, 1.82) is 0 Å². The minimum absolute atomic E-state index is 0.749. The summed E-state index contributed by atoms with van der Waals surface area (Å²) in [5.41, 5.74) is 3.91. The molecule has 1 aliphatic rings. The molecular weight excluding hydrogens is 400 g/mol. The molecule has 1 aliphatic carbocycles. The number of benzene rings is 1. The van der Waals surface area contributed by atoms with Gasteiger partial charge in [-0.2, -0.15) is 0 Å². The molecule has 0 saturated heterocycles. The van der Waals surface area contributed by atoms with Crippen LogP contribution in [0.2, 0.25) is 0 Å². The third-order valence-corrected chi connectivity index (χ3v) is 7.39. The Balaban J connectivity index is 1.82. The Labute approximate surface area is 204 Å². The summed E-state index contributed by atoms with van der Waals surface area (Å²) in [7, 11) is 0. The zero-order chi connectivity index (χ0) is 23.9. The van der Waals surface area contributed by atoms with Gasteiger partial charge in [-0.25, -0.2) is 9.98 Å². The molecule has 2 heteroatoms. The topological polar surface area (TPSA) is 24.7 Å². The van der Waals surface area contributed by atoms with Gasteiger partial charge in [0.15, 0.2) is 5.84 Å². The molecule has 0 bridgehead atoms. The lowest BCUT2D eigenvalue weighted by molar-refractivity contribution is 0.194. The van der Waals surface area contributed by atoms with E-state index in [1.807, 2.05) is 6.21 Å². The van der Waals surface area contributed by atoms with Gasteiger partial charge >= 0.3 is 0 Å². The van der Waals surface area contributed by atoms with Crippen molar-refractivity contribution in [3.63, 3.8) is 0 Å². The molecule has 182 valence electrons. The molecule has 0 aromatic heterocycles. The summed E-state index contributed by atoms with van der Waals surface area (Å²) in [6.07, 6.45) is 21.6. The van der Waals surface area contributed by atoms with E-state index in [-0.39, 0.29) is 0 Å². The fourth-order valence-corrected chi connectivity index (χ4v) is 5.32. The minimum Gasteiger partial charge on any atom is -0.241 e. The first-order valence-corrected chi connectivity index (χ1v) is 13.6. The molecule has 2 rings (SSSR count). The lowest BCUT2D eigenvalue weighted by Crippen LogP contribution is -2.21. The van der Waals surface area contributed by atoms with Crippen LogP contribution >= 0.6 is 0 Å². The van der Waals surface area contributed by atoms with Crippen molar-refractivity contribution in [2.45, 2.75) is 105 Å². The van der Waals surface area contributed by atoms with Crippen LogP contribution in [-0.2, 0) is 6.42 Å². The molecule has 0 aliphatic heterocycles. The number of aliphatic imine (C=N–C) groups is 2. The molecule has 33 heavy (non-hydrogen) atoms. The molecule has 1 aromatic rings. The van der Waals surface area contributed by atoms with Gasteiger partial charge in [0, 0.05) is 18.0 Å². The first kappa shape index (κ1) is 27.3. The first-order chi connectivity index (χ1) is 16.1. The molecule has 0 spiro atoms. The average molecular weight is 449 g/mol. The molecule has 2 nitrogen and oxygen atoms in total. The maximum absolute atomic E-state index is 4.66. The normalized spacial score (nSPS) is 20.8. The van der Waals surface area contributed by atoms with E-state index in [9.17, 15) is 0 Å². The van der Waals surface area contributed by atoms with Crippen LogP contribution in [0, 0.1) is 17.8 Å². The van der Waals surface area contributed by atoms with Gasteiger partial charge < -0.3 is 0 Å². The van der Waals surface area contributed by atoms with Gasteiger partial charge in [-0.1, -0.05) is 102 Å². The molecule has 0 radical (unpaired) electrons. The van der Waals surface area contributed by atoms with Crippen LogP contribution in [0.5, 0.6) is 0 Å². The third kappa shape index (κ3) is 9.82. The van der Waals surface area contributed by atoms with Crippen LogP contribution < -0.4 is 0 Å². The summed E-state index contributed by atoms with van der Waals surface area (Å²) in [5, 5.41) is 0. The number of rotatable bonds is 13. The summed E-state index contributed by atoms with van der Waals surface area (Å²) >= 11 is 0. The number of aryl methyl sites for hydroxylation is 1. The number of nitrogens with zero attached hydrogens (tertiary/aromatic N) is 2. The van der Waals surface area contributed by atoms with E-state index in [0.29, 0.717) is 0 Å². The lowest BCUT2D eigenvalue weighted by Gasteiger charge is -2.33. The summed E-state index contributed by atoms with van der Waals surface area (Å²) < 4.78 is 0. The van der Waals surface area contributed by atoms with Gasteiger partial charge in [-0.05, 0) is 68.8 Å². The highest BCUT2D eigenvalue weighted by molar-refractivity contribution is 6.03. The zero-order valence-electron chi connectivity index (χ0n) is 21.9.